The lowest BCUT2D eigenvalue weighted by molar-refractivity contribution is -0.0907. The van der Waals surface area contributed by atoms with E-state index in [9.17, 15) is 9.90 Å². The maximum Gasteiger partial charge on any atom is 0.422 e. The highest BCUT2D eigenvalue weighted by atomic mass is 16.7. The van der Waals surface area contributed by atoms with Gasteiger partial charge >= 0.3 is 6.09 Å². The molecule has 2 aliphatic heterocycles. The second kappa shape index (κ2) is 13.2. The Bertz CT molecular complexity index is 1220. The molecule has 212 valence electrons. The van der Waals surface area contributed by atoms with E-state index in [0.717, 1.165) is 34.4 Å². The van der Waals surface area contributed by atoms with Crippen LogP contribution in [0.1, 0.15) is 24.5 Å². The number of pyridine rings is 1. The molecule has 0 radical (unpaired) electrons. The van der Waals surface area contributed by atoms with Gasteiger partial charge in [-0.25, -0.2) is 9.80 Å². The van der Waals surface area contributed by atoms with E-state index in [1.165, 1.54) is 0 Å². The third-order valence-corrected chi connectivity index (χ3v) is 7.60. The third kappa shape index (κ3) is 7.17. The molecule has 1 amide bonds. The minimum Gasteiger partial charge on any atom is -0.497 e. The number of nitrogens with zero attached hydrogens (tertiary/aromatic N) is 2. The zero-order chi connectivity index (χ0) is 27.9. The van der Waals surface area contributed by atoms with Crippen LogP contribution >= 0.6 is 0 Å². The predicted molar refractivity (Wildman–Crippen MR) is 149 cm³/mol. The molecule has 2 N–H and O–H groups in total. The molecule has 0 aliphatic carbocycles. The van der Waals surface area contributed by atoms with Crippen LogP contribution in [0, 0.1) is 11.8 Å². The van der Waals surface area contributed by atoms with E-state index in [1.54, 1.807) is 18.3 Å². The topological polar surface area (TPSA) is 102 Å². The summed E-state index contributed by atoms with van der Waals surface area (Å²) < 4.78 is 22.1. The van der Waals surface area contributed by atoms with Gasteiger partial charge in [0.1, 0.15) is 11.9 Å². The summed E-state index contributed by atoms with van der Waals surface area (Å²) in [6.07, 6.45) is 3.15. The fourth-order valence-electron chi connectivity index (χ4n) is 5.22. The van der Waals surface area contributed by atoms with Gasteiger partial charge in [0.05, 0.1) is 32.3 Å². The summed E-state index contributed by atoms with van der Waals surface area (Å²) in [6, 6.07) is 19.8. The second-order valence-electron chi connectivity index (χ2n) is 10.5. The number of hydrogen-bond acceptors (Lipinski definition) is 8. The van der Waals surface area contributed by atoms with Crippen molar-refractivity contribution >= 4 is 6.09 Å². The monoisotopic (exact) mass is 547 g/mol. The first-order chi connectivity index (χ1) is 19.5. The molecule has 0 bridgehead atoms. The standard InChI is InChI=1S/C31H37N3O6/c1-21(16-22-7-11-26(37-2)12-8-22)28(35)19-34(33-31(36)40-29-20-39-30-27(29)13-15-38-30)18-23-5-9-24(10-6-23)25-4-3-14-32-17-25/h3-12,14,17,21,27-30,35H,13,15-16,18-20H2,1-2H3,(H,33,36). The smallest absolute Gasteiger partial charge is 0.422 e. The number of aromatic nitrogens is 1. The Morgan fingerprint density at radius 1 is 1.10 bits per heavy atom. The minimum atomic E-state index is -0.695. The van der Waals surface area contributed by atoms with E-state index in [2.05, 4.69) is 10.4 Å². The van der Waals surface area contributed by atoms with Crippen LogP contribution in [0.2, 0.25) is 0 Å². The Labute approximate surface area is 235 Å². The highest BCUT2D eigenvalue weighted by Gasteiger charge is 2.44. The first kappa shape index (κ1) is 28.0. The molecular weight excluding hydrogens is 510 g/mol. The zero-order valence-corrected chi connectivity index (χ0v) is 22.9. The molecule has 0 spiro atoms. The summed E-state index contributed by atoms with van der Waals surface area (Å²) in [5.74, 6) is 0.791. The molecule has 40 heavy (non-hydrogen) atoms. The van der Waals surface area contributed by atoms with Gasteiger partial charge in [0.15, 0.2) is 6.29 Å². The Hall–Kier alpha value is -3.50. The van der Waals surface area contributed by atoms with Crippen molar-refractivity contribution in [2.75, 3.05) is 26.9 Å². The van der Waals surface area contributed by atoms with Crippen LogP contribution in [0.15, 0.2) is 73.1 Å². The van der Waals surface area contributed by atoms with E-state index < -0.39 is 12.2 Å². The highest BCUT2D eigenvalue weighted by molar-refractivity contribution is 5.67. The number of amides is 1. The number of carbonyl (C=O) groups excluding carboxylic acids is 1. The fraction of sp³-hybridized carbons (Fsp3) is 0.419. The molecule has 1 aromatic heterocycles. The van der Waals surface area contributed by atoms with Gasteiger partial charge in [-0.2, -0.15) is 0 Å². The highest BCUT2D eigenvalue weighted by Crippen LogP contribution is 2.33. The van der Waals surface area contributed by atoms with E-state index in [-0.39, 0.29) is 30.8 Å². The van der Waals surface area contributed by atoms with Crippen molar-refractivity contribution in [3.05, 3.63) is 84.2 Å². The third-order valence-electron chi connectivity index (χ3n) is 7.60. The normalized spacial score (nSPS) is 21.6. The van der Waals surface area contributed by atoms with Gasteiger partial charge in [-0.15, -0.1) is 0 Å². The first-order valence-electron chi connectivity index (χ1n) is 13.7. The first-order valence-corrected chi connectivity index (χ1v) is 13.7. The number of rotatable bonds is 11. The summed E-state index contributed by atoms with van der Waals surface area (Å²) in [6.45, 7) is 3.55. The molecule has 5 atom stereocenters. The predicted octanol–water partition coefficient (Wildman–Crippen LogP) is 4.20. The van der Waals surface area contributed by atoms with Crippen LogP contribution in [-0.2, 0) is 27.2 Å². The second-order valence-corrected chi connectivity index (χ2v) is 10.5. The van der Waals surface area contributed by atoms with Crippen LogP contribution < -0.4 is 10.2 Å². The van der Waals surface area contributed by atoms with Crippen LogP contribution in [-0.4, -0.2) is 66.6 Å². The summed E-state index contributed by atoms with van der Waals surface area (Å²) in [5.41, 5.74) is 7.04. The van der Waals surface area contributed by atoms with Gasteiger partial charge in [0.25, 0.3) is 0 Å². The van der Waals surface area contributed by atoms with Gasteiger partial charge in [0.2, 0.25) is 0 Å². The molecule has 3 aromatic rings. The van der Waals surface area contributed by atoms with Crippen molar-refractivity contribution in [1.82, 2.24) is 15.4 Å². The van der Waals surface area contributed by atoms with Gasteiger partial charge < -0.3 is 24.1 Å². The molecule has 9 nitrogen and oxygen atoms in total. The maximum atomic E-state index is 13.0. The number of aliphatic hydroxyl groups is 1. The van der Waals surface area contributed by atoms with Crippen molar-refractivity contribution in [2.45, 2.75) is 44.8 Å². The molecule has 9 heteroatoms. The van der Waals surface area contributed by atoms with Crippen molar-refractivity contribution in [1.29, 1.82) is 0 Å². The Kier molecular flexibility index (Phi) is 9.28. The van der Waals surface area contributed by atoms with Gasteiger partial charge in [-0.1, -0.05) is 49.4 Å². The molecule has 5 rings (SSSR count). The van der Waals surface area contributed by atoms with Crippen molar-refractivity contribution in [3.8, 4) is 16.9 Å². The van der Waals surface area contributed by atoms with E-state index >= 15 is 0 Å². The quantitative estimate of drug-likeness (QED) is 0.345. The molecule has 2 saturated heterocycles. The average Bonchev–Trinajstić information content (AvgIpc) is 3.59. The number of benzene rings is 2. The molecule has 2 fully saturated rings. The Balaban J connectivity index is 1.24. The van der Waals surface area contributed by atoms with Gasteiger partial charge in [-0.05, 0) is 59.2 Å². The number of nitrogens with one attached hydrogen (secondary N) is 1. The Morgan fingerprint density at radius 3 is 2.60 bits per heavy atom. The molecule has 3 heterocycles. The average molecular weight is 548 g/mol. The fourth-order valence-corrected chi connectivity index (χ4v) is 5.22. The molecule has 0 saturated carbocycles. The summed E-state index contributed by atoms with van der Waals surface area (Å²) in [4.78, 5) is 17.2. The number of hydrogen-bond donors (Lipinski definition) is 2. The van der Waals surface area contributed by atoms with E-state index in [0.29, 0.717) is 26.2 Å². The largest absolute Gasteiger partial charge is 0.497 e. The van der Waals surface area contributed by atoms with Gasteiger partial charge in [0, 0.05) is 25.5 Å². The molecule has 2 aliphatic rings. The number of methoxy groups -OCH3 is 1. The lowest BCUT2D eigenvalue weighted by atomic mass is 9.95. The Morgan fingerprint density at radius 2 is 1.88 bits per heavy atom. The summed E-state index contributed by atoms with van der Waals surface area (Å²) in [5, 5.41) is 12.9. The van der Waals surface area contributed by atoms with Crippen molar-refractivity contribution in [2.24, 2.45) is 11.8 Å². The molecule has 2 aromatic carbocycles. The molecule has 5 unspecified atom stereocenters. The van der Waals surface area contributed by atoms with Crippen molar-refractivity contribution < 1.29 is 28.8 Å². The SMILES string of the molecule is COc1ccc(CC(C)C(O)CN(Cc2ccc(-c3cccnc3)cc2)NC(=O)OC2COC3OCCC23)cc1. The van der Waals surface area contributed by atoms with Crippen molar-refractivity contribution in [3.63, 3.8) is 0 Å². The van der Waals surface area contributed by atoms with Crippen LogP contribution in [0.4, 0.5) is 4.79 Å². The maximum absolute atomic E-state index is 13.0. The van der Waals surface area contributed by atoms with Crippen LogP contribution in [0.3, 0.4) is 0 Å². The summed E-state index contributed by atoms with van der Waals surface area (Å²) >= 11 is 0. The number of ether oxygens (including phenoxy) is 4. The van der Waals surface area contributed by atoms with Gasteiger partial charge in [-0.3, -0.25) is 10.4 Å². The number of fused-ring (bicyclic) bond motifs is 1. The minimum absolute atomic E-state index is 0.0503. The molecular formula is C31H37N3O6. The lowest BCUT2D eigenvalue weighted by Crippen LogP contribution is -2.48. The number of hydrazine groups is 1. The van der Waals surface area contributed by atoms with E-state index in [1.807, 2.05) is 73.8 Å². The van der Waals surface area contributed by atoms with E-state index in [4.69, 9.17) is 18.9 Å². The number of aliphatic hydroxyl groups excluding tert-OH is 1. The lowest BCUT2D eigenvalue weighted by Gasteiger charge is -2.29. The number of carbonyl (C=O) groups is 1. The zero-order valence-electron chi connectivity index (χ0n) is 22.9. The van der Waals surface area contributed by atoms with Crippen LogP contribution in [0.5, 0.6) is 5.75 Å². The summed E-state index contributed by atoms with van der Waals surface area (Å²) in [7, 11) is 1.64. The van der Waals surface area contributed by atoms with Crippen LogP contribution in [0.25, 0.3) is 11.1 Å².